The van der Waals surface area contributed by atoms with E-state index >= 15 is 0 Å². The van der Waals surface area contributed by atoms with Crippen LogP contribution in [0.25, 0.3) is 0 Å². The summed E-state index contributed by atoms with van der Waals surface area (Å²) in [5.41, 5.74) is 4.58. The second-order valence-corrected chi connectivity index (χ2v) is 3.39. The van der Waals surface area contributed by atoms with Gasteiger partial charge in [0, 0.05) is 0 Å². The third kappa shape index (κ3) is 5.06. The van der Waals surface area contributed by atoms with Crippen LogP contribution in [0.3, 0.4) is 0 Å². The van der Waals surface area contributed by atoms with Gasteiger partial charge in [0.2, 0.25) is 0 Å². The summed E-state index contributed by atoms with van der Waals surface area (Å²) < 4.78 is 0. The highest BCUT2D eigenvalue weighted by Gasteiger charge is 2.19. The minimum absolute atomic E-state index is 0.452. The van der Waals surface area contributed by atoms with Crippen LogP contribution in [0.2, 0.25) is 0 Å². The number of carbonyl (C=O) groups is 1. The first-order valence-corrected chi connectivity index (χ1v) is 3.63. The molecule has 0 amide bonds. The van der Waals surface area contributed by atoms with Crippen molar-refractivity contribution in [1.82, 2.24) is 0 Å². The average molecular weight is 177 g/mol. The van der Waals surface area contributed by atoms with Gasteiger partial charge in [0.15, 0.2) is 0 Å². The van der Waals surface area contributed by atoms with Crippen molar-refractivity contribution in [2.24, 2.45) is 5.73 Å². The molecule has 0 aromatic rings. The SMILES string of the molecule is CC(C)(C)OOC(=O)[C@H](N)CO. The second kappa shape index (κ2) is 4.39. The van der Waals surface area contributed by atoms with E-state index in [1.807, 2.05) is 0 Å². The van der Waals surface area contributed by atoms with E-state index in [0.29, 0.717) is 0 Å². The lowest BCUT2D eigenvalue weighted by Crippen LogP contribution is -2.37. The van der Waals surface area contributed by atoms with Crippen LogP contribution in [0.15, 0.2) is 0 Å². The molecule has 0 aromatic carbocycles. The average Bonchev–Trinajstić information content (AvgIpc) is 1.97. The summed E-state index contributed by atoms with van der Waals surface area (Å²) in [5.74, 6) is -0.771. The summed E-state index contributed by atoms with van der Waals surface area (Å²) >= 11 is 0. The van der Waals surface area contributed by atoms with Gasteiger partial charge in [-0.3, -0.25) is 4.89 Å². The maximum atomic E-state index is 10.8. The van der Waals surface area contributed by atoms with Gasteiger partial charge in [0.05, 0.1) is 6.61 Å². The van der Waals surface area contributed by atoms with Crippen molar-refractivity contribution in [3.05, 3.63) is 0 Å². The maximum Gasteiger partial charge on any atom is 0.361 e. The normalized spacial score (nSPS) is 14.1. The minimum atomic E-state index is -1.03. The predicted molar refractivity (Wildman–Crippen MR) is 42.0 cm³/mol. The van der Waals surface area contributed by atoms with Crippen molar-refractivity contribution >= 4 is 5.97 Å². The summed E-state index contributed by atoms with van der Waals surface area (Å²) in [7, 11) is 0. The van der Waals surface area contributed by atoms with Crippen molar-refractivity contribution in [3.8, 4) is 0 Å². The number of hydrogen-bond acceptors (Lipinski definition) is 5. The molecule has 0 fully saturated rings. The van der Waals surface area contributed by atoms with E-state index in [-0.39, 0.29) is 0 Å². The Balaban J connectivity index is 3.72. The van der Waals surface area contributed by atoms with Crippen LogP contribution in [0, 0.1) is 0 Å². The van der Waals surface area contributed by atoms with E-state index in [1.165, 1.54) is 0 Å². The largest absolute Gasteiger partial charge is 0.394 e. The van der Waals surface area contributed by atoms with E-state index in [2.05, 4.69) is 9.78 Å². The van der Waals surface area contributed by atoms with Crippen molar-refractivity contribution in [2.75, 3.05) is 6.61 Å². The van der Waals surface area contributed by atoms with Gasteiger partial charge in [0.1, 0.15) is 11.6 Å². The molecule has 3 N–H and O–H groups in total. The molecular weight excluding hydrogens is 162 g/mol. The molecule has 0 aliphatic rings. The van der Waals surface area contributed by atoms with Gasteiger partial charge in [-0.25, -0.2) is 4.79 Å². The second-order valence-electron chi connectivity index (χ2n) is 3.39. The number of nitrogens with two attached hydrogens (primary N) is 1. The molecule has 0 bridgehead atoms. The molecule has 1 atom stereocenters. The molecule has 0 saturated carbocycles. The number of carbonyl (C=O) groups excluding carboxylic acids is 1. The summed E-state index contributed by atoms with van der Waals surface area (Å²) in [5, 5.41) is 8.45. The number of aliphatic hydroxyl groups is 1. The predicted octanol–water partition coefficient (Wildman–Crippen LogP) is -0.421. The first-order valence-electron chi connectivity index (χ1n) is 3.63. The zero-order valence-electron chi connectivity index (χ0n) is 7.53. The molecule has 0 aromatic heterocycles. The van der Waals surface area contributed by atoms with Gasteiger partial charge in [-0.1, -0.05) is 0 Å². The highest BCUT2D eigenvalue weighted by molar-refractivity contribution is 5.74. The van der Waals surface area contributed by atoms with E-state index in [4.69, 9.17) is 10.8 Å². The van der Waals surface area contributed by atoms with Gasteiger partial charge in [0.25, 0.3) is 0 Å². The van der Waals surface area contributed by atoms with Crippen LogP contribution < -0.4 is 5.73 Å². The monoisotopic (exact) mass is 177 g/mol. The molecule has 12 heavy (non-hydrogen) atoms. The number of rotatable bonds is 3. The Labute approximate surface area is 71.4 Å². The van der Waals surface area contributed by atoms with Crippen molar-refractivity contribution in [2.45, 2.75) is 32.4 Å². The summed E-state index contributed by atoms with van der Waals surface area (Å²) in [6, 6.07) is -1.03. The highest BCUT2D eigenvalue weighted by atomic mass is 17.2. The quantitative estimate of drug-likeness (QED) is 0.452. The van der Waals surface area contributed by atoms with Crippen molar-refractivity contribution in [1.29, 1.82) is 0 Å². The molecule has 0 aliphatic carbocycles. The molecule has 0 rings (SSSR count). The Kier molecular flexibility index (Phi) is 4.16. The van der Waals surface area contributed by atoms with Crippen LogP contribution in [-0.2, 0) is 14.6 Å². The molecule has 0 aliphatic heterocycles. The Morgan fingerprint density at radius 2 is 2.08 bits per heavy atom. The summed E-state index contributed by atoms with van der Waals surface area (Å²) in [6.07, 6.45) is 0. The molecule has 0 saturated heterocycles. The third-order valence-corrected chi connectivity index (χ3v) is 0.873. The van der Waals surface area contributed by atoms with Crippen LogP contribution >= 0.6 is 0 Å². The summed E-state index contributed by atoms with van der Waals surface area (Å²) in [4.78, 5) is 19.8. The van der Waals surface area contributed by atoms with E-state index < -0.39 is 24.2 Å². The molecule has 0 heterocycles. The van der Waals surface area contributed by atoms with E-state index in [9.17, 15) is 4.79 Å². The maximum absolute atomic E-state index is 10.8. The first-order chi connectivity index (χ1) is 5.37. The van der Waals surface area contributed by atoms with Crippen LogP contribution in [0.1, 0.15) is 20.8 Å². The van der Waals surface area contributed by atoms with E-state index in [0.717, 1.165) is 0 Å². The lowest BCUT2D eigenvalue weighted by molar-refractivity contribution is -0.321. The topological polar surface area (TPSA) is 81.8 Å². The fourth-order valence-corrected chi connectivity index (χ4v) is 0.302. The van der Waals surface area contributed by atoms with Crippen molar-refractivity contribution < 1.29 is 19.7 Å². The fraction of sp³-hybridized carbons (Fsp3) is 0.857. The van der Waals surface area contributed by atoms with Gasteiger partial charge in [-0.15, -0.1) is 0 Å². The first kappa shape index (κ1) is 11.4. The molecule has 0 unspecified atom stereocenters. The Morgan fingerprint density at radius 3 is 2.42 bits per heavy atom. The molecule has 0 spiro atoms. The van der Waals surface area contributed by atoms with Gasteiger partial charge in [-0.05, 0) is 20.8 Å². The standard InChI is InChI=1S/C7H15NO4/c1-7(2,3)12-11-6(10)5(8)4-9/h5,9H,4,8H2,1-3H3/t5-/m1/s1. The highest BCUT2D eigenvalue weighted by Crippen LogP contribution is 2.07. The van der Waals surface area contributed by atoms with Crippen LogP contribution in [0.5, 0.6) is 0 Å². The smallest absolute Gasteiger partial charge is 0.361 e. The molecular formula is C7H15NO4. The molecule has 0 radical (unpaired) electrons. The Morgan fingerprint density at radius 1 is 1.58 bits per heavy atom. The Bertz CT molecular complexity index is 152. The Hall–Kier alpha value is -0.650. The fourth-order valence-electron chi connectivity index (χ4n) is 0.302. The van der Waals surface area contributed by atoms with E-state index in [1.54, 1.807) is 20.8 Å². The van der Waals surface area contributed by atoms with Gasteiger partial charge in [-0.2, -0.15) is 4.89 Å². The number of aliphatic hydroxyl groups excluding tert-OH is 1. The van der Waals surface area contributed by atoms with Crippen LogP contribution in [0.4, 0.5) is 0 Å². The number of hydrogen-bond donors (Lipinski definition) is 2. The zero-order valence-corrected chi connectivity index (χ0v) is 7.53. The summed E-state index contributed by atoms with van der Waals surface area (Å²) in [6.45, 7) is 4.73. The zero-order chi connectivity index (χ0) is 9.78. The third-order valence-electron chi connectivity index (χ3n) is 0.873. The lowest BCUT2D eigenvalue weighted by Gasteiger charge is -2.17. The minimum Gasteiger partial charge on any atom is -0.394 e. The molecule has 5 nitrogen and oxygen atoms in total. The lowest BCUT2D eigenvalue weighted by atomic mass is 10.2. The van der Waals surface area contributed by atoms with Gasteiger partial charge >= 0.3 is 5.97 Å². The molecule has 72 valence electrons. The van der Waals surface area contributed by atoms with Crippen LogP contribution in [-0.4, -0.2) is 29.3 Å². The van der Waals surface area contributed by atoms with Gasteiger partial charge < -0.3 is 10.8 Å². The molecule has 5 heteroatoms. The van der Waals surface area contributed by atoms with Crippen molar-refractivity contribution in [3.63, 3.8) is 0 Å².